The van der Waals surface area contributed by atoms with Gasteiger partial charge >= 0.3 is 0 Å². The van der Waals surface area contributed by atoms with E-state index in [1.807, 2.05) is 18.2 Å². The van der Waals surface area contributed by atoms with Crippen LogP contribution in [0.1, 0.15) is 5.56 Å². The molecule has 114 valence electrons. The molecular formula is C16H13N5O2. The topological polar surface area (TPSA) is 88.3 Å². The fraction of sp³-hybridized carbons (Fsp3) is 0.0625. The van der Waals surface area contributed by atoms with Crippen LogP contribution in [0.3, 0.4) is 0 Å². The van der Waals surface area contributed by atoms with Gasteiger partial charge in [0.1, 0.15) is 18.0 Å². The van der Waals surface area contributed by atoms with Crippen molar-refractivity contribution in [2.45, 2.75) is 0 Å². The van der Waals surface area contributed by atoms with E-state index >= 15 is 0 Å². The third-order valence-corrected chi connectivity index (χ3v) is 2.93. The zero-order chi connectivity index (χ0) is 15.9. The van der Waals surface area contributed by atoms with Crippen molar-refractivity contribution in [3.63, 3.8) is 0 Å². The van der Waals surface area contributed by atoms with E-state index in [2.05, 4.69) is 25.5 Å². The number of nitrogens with one attached hydrogen (secondary N) is 1. The molecule has 23 heavy (non-hydrogen) atoms. The van der Waals surface area contributed by atoms with E-state index in [1.165, 1.54) is 18.7 Å². The number of aromatic nitrogens is 1. The highest BCUT2D eigenvalue weighted by atomic mass is 16.5. The van der Waals surface area contributed by atoms with Gasteiger partial charge in [-0.3, -0.25) is 9.79 Å². The summed E-state index contributed by atoms with van der Waals surface area (Å²) in [5.41, 5.74) is 1.92. The van der Waals surface area contributed by atoms with Gasteiger partial charge in [-0.1, -0.05) is 0 Å². The van der Waals surface area contributed by atoms with Crippen molar-refractivity contribution in [3.05, 3.63) is 54.6 Å². The minimum absolute atomic E-state index is 0.00307. The lowest BCUT2D eigenvalue weighted by atomic mass is 10.2. The van der Waals surface area contributed by atoms with Crippen LogP contribution in [0.25, 0.3) is 6.08 Å². The van der Waals surface area contributed by atoms with Gasteiger partial charge < -0.3 is 10.1 Å². The molecule has 3 rings (SSSR count). The van der Waals surface area contributed by atoms with Crippen molar-refractivity contribution in [1.29, 1.82) is 0 Å². The maximum atomic E-state index is 11.7. The first-order valence-corrected chi connectivity index (χ1v) is 6.89. The molecule has 0 saturated carbocycles. The smallest absolute Gasteiger partial charge is 0.245 e. The first-order chi connectivity index (χ1) is 11.3. The highest BCUT2D eigenvalue weighted by Gasteiger charge is 2.10. The van der Waals surface area contributed by atoms with Crippen LogP contribution in [0.5, 0.6) is 5.88 Å². The van der Waals surface area contributed by atoms with Crippen LogP contribution >= 0.6 is 0 Å². The number of hydrogen-bond donors (Lipinski definition) is 1. The molecule has 0 radical (unpaired) electrons. The van der Waals surface area contributed by atoms with Gasteiger partial charge in [-0.2, -0.15) is 5.10 Å². The van der Waals surface area contributed by atoms with Crippen molar-refractivity contribution in [2.24, 2.45) is 15.2 Å². The molecule has 7 heteroatoms. The van der Waals surface area contributed by atoms with Crippen molar-refractivity contribution in [3.8, 4) is 5.88 Å². The summed E-state index contributed by atoms with van der Waals surface area (Å²) in [5.74, 6) is 0.233. The summed E-state index contributed by atoms with van der Waals surface area (Å²) in [6.07, 6.45) is 13.0. The third kappa shape index (κ3) is 3.85. The van der Waals surface area contributed by atoms with E-state index in [4.69, 9.17) is 4.74 Å². The Morgan fingerprint density at radius 1 is 1.17 bits per heavy atom. The summed E-state index contributed by atoms with van der Waals surface area (Å²) in [7, 11) is 0. The van der Waals surface area contributed by atoms with Gasteiger partial charge in [0.15, 0.2) is 0 Å². The number of hydrogen-bond acceptors (Lipinski definition) is 6. The highest BCUT2D eigenvalue weighted by molar-refractivity contribution is 6.67. The molecule has 1 aromatic heterocycles. The van der Waals surface area contributed by atoms with Crippen LogP contribution in [-0.4, -0.2) is 35.1 Å². The molecule has 0 aromatic carbocycles. The lowest BCUT2D eigenvalue weighted by Crippen LogP contribution is -2.21. The predicted molar refractivity (Wildman–Crippen MR) is 88.6 cm³/mol. The molecule has 7 nitrogen and oxygen atoms in total. The van der Waals surface area contributed by atoms with Gasteiger partial charge in [0, 0.05) is 18.0 Å². The van der Waals surface area contributed by atoms with Gasteiger partial charge in [0.05, 0.1) is 12.5 Å². The minimum Gasteiger partial charge on any atom is -0.446 e. The fourth-order valence-corrected chi connectivity index (χ4v) is 1.85. The molecule has 0 bridgehead atoms. The average molecular weight is 307 g/mol. The largest absolute Gasteiger partial charge is 0.446 e. The first kappa shape index (κ1) is 14.6. The Morgan fingerprint density at radius 2 is 2.13 bits per heavy atom. The zero-order valence-corrected chi connectivity index (χ0v) is 12.1. The van der Waals surface area contributed by atoms with E-state index in [-0.39, 0.29) is 12.5 Å². The number of allylic oxidation sites excluding steroid dienone is 3. The predicted octanol–water partition coefficient (Wildman–Crippen LogP) is 1.51. The second-order valence-electron chi connectivity index (χ2n) is 4.54. The average Bonchev–Trinajstić information content (AvgIpc) is 3.01. The second kappa shape index (κ2) is 7.08. The number of ether oxygens (including phenoxy) is 1. The Hall–Kier alpha value is -3.35. The molecule has 3 heterocycles. The molecule has 0 fully saturated rings. The van der Waals surface area contributed by atoms with E-state index in [0.29, 0.717) is 17.3 Å². The molecule has 0 saturated heterocycles. The minimum atomic E-state index is -0.230. The van der Waals surface area contributed by atoms with Crippen LogP contribution in [0.15, 0.2) is 64.2 Å². The van der Waals surface area contributed by atoms with Crippen LogP contribution in [0.2, 0.25) is 0 Å². The molecule has 2 aliphatic rings. The van der Waals surface area contributed by atoms with Crippen molar-refractivity contribution in [1.82, 2.24) is 10.3 Å². The van der Waals surface area contributed by atoms with Crippen LogP contribution < -0.4 is 10.1 Å². The quantitative estimate of drug-likeness (QED) is 0.788. The molecule has 1 aromatic rings. The van der Waals surface area contributed by atoms with Gasteiger partial charge in [-0.25, -0.2) is 4.98 Å². The molecule has 0 unspecified atom stereocenters. The Balaban J connectivity index is 1.93. The SMILES string of the molecule is O=C1CN=C2C=NN=C2/C=C\c2cccnc2O/C=C\C=C/N1. The number of amides is 1. The molecule has 2 aliphatic heterocycles. The van der Waals surface area contributed by atoms with Crippen LogP contribution in [-0.2, 0) is 4.79 Å². The number of rotatable bonds is 0. The van der Waals surface area contributed by atoms with Gasteiger partial charge in [-0.15, -0.1) is 5.10 Å². The number of carbonyl (C=O) groups excluding carboxylic acids is 1. The highest BCUT2D eigenvalue weighted by Crippen LogP contribution is 2.16. The Bertz CT molecular complexity index is 787. The van der Waals surface area contributed by atoms with Gasteiger partial charge in [0.25, 0.3) is 0 Å². The summed E-state index contributed by atoms with van der Waals surface area (Å²) in [6.45, 7) is -0.00307. The normalized spacial score (nSPS) is 21.3. The molecule has 0 aliphatic carbocycles. The monoisotopic (exact) mass is 307 g/mol. The summed E-state index contributed by atoms with van der Waals surface area (Å²) < 4.78 is 5.49. The lowest BCUT2D eigenvalue weighted by Gasteiger charge is -2.02. The van der Waals surface area contributed by atoms with E-state index in [9.17, 15) is 4.79 Å². The van der Waals surface area contributed by atoms with Crippen molar-refractivity contribution < 1.29 is 9.53 Å². The maximum absolute atomic E-state index is 11.7. The second-order valence-corrected chi connectivity index (χ2v) is 4.54. The van der Waals surface area contributed by atoms with Crippen molar-refractivity contribution in [2.75, 3.05) is 6.54 Å². The van der Waals surface area contributed by atoms with Gasteiger partial charge in [0.2, 0.25) is 11.8 Å². The number of aliphatic imine (C=N–C) groups is 1. The fourth-order valence-electron chi connectivity index (χ4n) is 1.85. The first-order valence-electron chi connectivity index (χ1n) is 6.89. The van der Waals surface area contributed by atoms with E-state index in [1.54, 1.807) is 24.4 Å². The van der Waals surface area contributed by atoms with Crippen molar-refractivity contribution >= 4 is 29.6 Å². The summed E-state index contributed by atoms with van der Waals surface area (Å²) in [6, 6.07) is 3.69. The van der Waals surface area contributed by atoms with E-state index < -0.39 is 0 Å². The maximum Gasteiger partial charge on any atom is 0.245 e. The summed E-state index contributed by atoms with van der Waals surface area (Å²) in [5, 5.41) is 10.4. The van der Waals surface area contributed by atoms with Crippen LogP contribution in [0.4, 0.5) is 0 Å². The zero-order valence-electron chi connectivity index (χ0n) is 12.1. The molecule has 0 atom stereocenters. The Labute approximate surface area is 132 Å². The Morgan fingerprint density at radius 3 is 3.09 bits per heavy atom. The Kier molecular flexibility index (Phi) is 4.49. The lowest BCUT2D eigenvalue weighted by molar-refractivity contribution is -0.118. The number of fused-ring (bicyclic) bond motifs is 2. The third-order valence-electron chi connectivity index (χ3n) is 2.93. The number of nitrogens with zero attached hydrogens (tertiary/aromatic N) is 4. The number of carbonyl (C=O) groups is 1. The van der Waals surface area contributed by atoms with Gasteiger partial charge in [-0.05, 0) is 36.4 Å². The summed E-state index contributed by atoms with van der Waals surface area (Å²) >= 11 is 0. The number of pyridine rings is 1. The molecule has 1 N–H and O–H groups in total. The molecule has 0 spiro atoms. The van der Waals surface area contributed by atoms with E-state index in [0.717, 1.165) is 5.56 Å². The standard InChI is InChI=1S/C16H13N5O2/c22-15-11-19-14-10-20-21-13(14)6-5-12-4-3-8-18-16(12)23-9-2-1-7-17-15/h1-10H,11H2,(H,17,22)/b6-5-,7-1-,9-2-,19-14?. The summed E-state index contributed by atoms with van der Waals surface area (Å²) in [4.78, 5) is 20.0. The molecular weight excluding hydrogens is 294 g/mol. The van der Waals surface area contributed by atoms with Crippen LogP contribution in [0, 0.1) is 0 Å². The molecule has 1 amide bonds.